The van der Waals surface area contributed by atoms with Crippen molar-refractivity contribution in [3.8, 4) is 0 Å². The Hall–Kier alpha value is -0.860. The highest BCUT2D eigenvalue weighted by Gasteiger charge is 2.13. The molecule has 0 aliphatic heterocycles. The van der Waals surface area contributed by atoms with E-state index in [0.717, 1.165) is 12.8 Å². The quantitative estimate of drug-likeness (QED) is 0.853. The lowest BCUT2D eigenvalue weighted by Gasteiger charge is -2.17. The molecule has 0 aliphatic rings. The molecule has 0 bridgehead atoms. The van der Waals surface area contributed by atoms with Crippen LogP contribution < -0.4 is 5.73 Å². The number of nitrogens with two attached hydrogens (primary N) is 1. The van der Waals surface area contributed by atoms with Gasteiger partial charge in [0.05, 0.1) is 0 Å². The van der Waals surface area contributed by atoms with Crippen molar-refractivity contribution in [2.45, 2.75) is 32.7 Å². The van der Waals surface area contributed by atoms with Gasteiger partial charge in [-0.2, -0.15) is 0 Å². The Labute approximate surface area is 101 Å². The van der Waals surface area contributed by atoms with Crippen LogP contribution >= 0.6 is 11.3 Å². The van der Waals surface area contributed by atoms with Gasteiger partial charge in [-0.3, -0.25) is 0 Å². The Kier molecular flexibility index (Phi) is 3.62. The summed E-state index contributed by atoms with van der Waals surface area (Å²) in [6.45, 7) is 4.44. The lowest BCUT2D eigenvalue weighted by atomic mass is 9.94. The molecule has 86 valence electrons. The van der Waals surface area contributed by atoms with Gasteiger partial charge in [0.25, 0.3) is 0 Å². The van der Waals surface area contributed by atoms with Crippen LogP contribution in [0.4, 0.5) is 0 Å². The van der Waals surface area contributed by atoms with Gasteiger partial charge in [0.15, 0.2) is 0 Å². The largest absolute Gasteiger partial charge is 0.327 e. The molecular formula is C14H19NS. The van der Waals surface area contributed by atoms with Crippen LogP contribution in [-0.2, 0) is 6.42 Å². The van der Waals surface area contributed by atoms with Gasteiger partial charge in [-0.25, -0.2) is 0 Å². The van der Waals surface area contributed by atoms with Crippen molar-refractivity contribution in [1.82, 2.24) is 0 Å². The van der Waals surface area contributed by atoms with Crippen molar-refractivity contribution in [2.75, 3.05) is 0 Å². The van der Waals surface area contributed by atoms with Gasteiger partial charge in [-0.15, -0.1) is 11.3 Å². The van der Waals surface area contributed by atoms with Crippen molar-refractivity contribution in [3.63, 3.8) is 0 Å². The Balaban J connectivity index is 2.21. The predicted molar refractivity (Wildman–Crippen MR) is 73.0 cm³/mol. The Morgan fingerprint density at radius 1 is 1.31 bits per heavy atom. The van der Waals surface area contributed by atoms with Gasteiger partial charge in [-0.05, 0) is 34.7 Å². The van der Waals surface area contributed by atoms with Crippen LogP contribution in [0.3, 0.4) is 0 Å². The van der Waals surface area contributed by atoms with Crippen molar-refractivity contribution in [3.05, 3.63) is 35.2 Å². The topological polar surface area (TPSA) is 26.0 Å². The summed E-state index contributed by atoms with van der Waals surface area (Å²) in [6, 6.07) is 8.86. The number of hydrogen-bond donors (Lipinski definition) is 1. The fourth-order valence-electron chi connectivity index (χ4n) is 1.95. The molecule has 2 unspecified atom stereocenters. The Morgan fingerprint density at radius 2 is 2.06 bits per heavy atom. The summed E-state index contributed by atoms with van der Waals surface area (Å²) in [5.41, 5.74) is 7.63. The minimum absolute atomic E-state index is 0.281. The van der Waals surface area contributed by atoms with E-state index in [1.54, 1.807) is 0 Å². The molecule has 0 amide bonds. The second-order valence-electron chi connectivity index (χ2n) is 4.51. The van der Waals surface area contributed by atoms with E-state index in [4.69, 9.17) is 5.73 Å². The van der Waals surface area contributed by atoms with E-state index in [1.165, 1.54) is 15.6 Å². The van der Waals surface area contributed by atoms with Crippen LogP contribution in [0.5, 0.6) is 0 Å². The van der Waals surface area contributed by atoms with E-state index in [9.17, 15) is 0 Å². The van der Waals surface area contributed by atoms with Gasteiger partial charge < -0.3 is 5.73 Å². The molecule has 0 spiro atoms. The fourth-order valence-corrected chi connectivity index (χ4v) is 2.92. The van der Waals surface area contributed by atoms with Crippen LogP contribution in [0, 0.1) is 5.92 Å². The molecule has 1 heterocycles. The summed E-state index contributed by atoms with van der Waals surface area (Å²) < 4.78 is 1.37. The van der Waals surface area contributed by atoms with E-state index >= 15 is 0 Å². The minimum atomic E-state index is 0.281. The molecule has 2 atom stereocenters. The van der Waals surface area contributed by atoms with Gasteiger partial charge in [0, 0.05) is 10.7 Å². The third-order valence-corrected chi connectivity index (χ3v) is 4.40. The summed E-state index contributed by atoms with van der Waals surface area (Å²) >= 11 is 1.82. The SMILES string of the molecule is CCC(C)C(N)Cc1csc2ccccc12. The van der Waals surface area contributed by atoms with E-state index in [2.05, 4.69) is 43.5 Å². The van der Waals surface area contributed by atoms with Crippen molar-refractivity contribution in [1.29, 1.82) is 0 Å². The first kappa shape index (κ1) is 11.6. The monoisotopic (exact) mass is 233 g/mol. The number of benzene rings is 1. The van der Waals surface area contributed by atoms with E-state index < -0.39 is 0 Å². The maximum absolute atomic E-state index is 6.21. The zero-order valence-corrected chi connectivity index (χ0v) is 10.8. The number of fused-ring (bicyclic) bond motifs is 1. The van der Waals surface area contributed by atoms with Crippen LogP contribution in [0.2, 0.25) is 0 Å². The maximum Gasteiger partial charge on any atom is 0.0345 e. The second kappa shape index (κ2) is 4.98. The molecule has 2 N–H and O–H groups in total. The van der Waals surface area contributed by atoms with Gasteiger partial charge >= 0.3 is 0 Å². The molecule has 1 aromatic carbocycles. The van der Waals surface area contributed by atoms with Gasteiger partial charge in [0.1, 0.15) is 0 Å². The van der Waals surface area contributed by atoms with Crippen LogP contribution in [0.1, 0.15) is 25.8 Å². The highest BCUT2D eigenvalue weighted by atomic mass is 32.1. The number of rotatable bonds is 4. The first-order chi connectivity index (χ1) is 7.72. The zero-order chi connectivity index (χ0) is 11.5. The Morgan fingerprint density at radius 3 is 2.81 bits per heavy atom. The van der Waals surface area contributed by atoms with Crippen LogP contribution in [-0.4, -0.2) is 6.04 Å². The van der Waals surface area contributed by atoms with Crippen molar-refractivity contribution >= 4 is 21.4 Å². The highest BCUT2D eigenvalue weighted by Crippen LogP contribution is 2.27. The lowest BCUT2D eigenvalue weighted by Crippen LogP contribution is -2.30. The second-order valence-corrected chi connectivity index (χ2v) is 5.42. The van der Waals surface area contributed by atoms with Crippen molar-refractivity contribution < 1.29 is 0 Å². The molecule has 0 saturated heterocycles. The van der Waals surface area contributed by atoms with Gasteiger partial charge in [0.2, 0.25) is 0 Å². The third-order valence-electron chi connectivity index (χ3n) is 3.39. The summed E-state index contributed by atoms with van der Waals surface area (Å²) in [5.74, 6) is 0.596. The smallest absolute Gasteiger partial charge is 0.0345 e. The molecule has 1 nitrogen and oxygen atoms in total. The molecule has 2 heteroatoms. The molecule has 2 rings (SSSR count). The third kappa shape index (κ3) is 2.28. The van der Waals surface area contributed by atoms with Gasteiger partial charge in [-0.1, -0.05) is 38.5 Å². The molecular weight excluding hydrogens is 214 g/mol. The first-order valence-electron chi connectivity index (χ1n) is 5.93. The van der Waals surface area contributed by atoms with Crippen LogP contribution in [0.15, 0.2) is 29.6 Å². The zero-order valence-electron chi connectivity index (χ0n) is 9.94. The highest BCUT2D eigenvalue weighted by molar-refractivity contribution is 7.17. The van der Waals surface area contributed by atoms with E-state index in [-0.39, 0.29) is 6.04 Å². The molecule has 1 aromatic heterocycles. The average molecular weight is 233 g/mol. The summed E-state index contributed by atoms with van der Waals surface area (Å²) in [4.78, 5) is 0. The molecule has 2 aromatic rings. The average Bonchev–Trinajstić information content (AvgIpc) is 2.72. The van der Waals surface area contributed by atoms with Crippen LogP contribution in [0.25, 0.3) is 10.1 Å². The molecule has 0 saturated carbocycles. The Bertz CT molecular complexity index is 460. The minimum Gasteiger partial charge on any atom is -0.327 e. The molecule has 0 aliphatic carbocycles. The molecule has 16 heavy (non-hydrogen) atoms. The summed E-state index contributed by atoms with van der Waals surface area (Å²) in [6.07, 6.45) is 2.16. The standard InChI is InChI=1S/C14H19NS/c1-3-10(2)13(15)8-11-9-16-14-7-5-4-6-12(11)14/h4-7,9-10,13H,3,8,15H2,1-2H3. The summed E-state index contributed by atoms with van der Waals surface area (Å²) in [5, 5.41) is 3.64. The maximum atomic E-state index is 6.21. The van der Waals surface area contributed by atoms with E-state index in [1.807, 2.05) is 11.3 Å². The normalized spacial score (nSPS) is 15.2. The molecule has 0 fully saturated rings. The van der Waals surface area contributed by atoms with Crippen molar-refractivity contribution in [2.24, 2.45) is 11.7 Å². The molecule has 0 radical (unpaired) electrons. The number of hydrogen-bond acceptors (Lipinski definition) is 2. The fraction of sp³-hybridized carbons (Fsp3) is 0.429. The summed E-state index contributed by atoms with van der Waals surface area (Å²) in [7, 11) is 0. The lowest BCUT2D eigenvalue weighted by molar-refractivity contribution is 0.441. The number of thiophene rings is 1. The first-order valence-corrected chi connectivity index (χ1v) is 6.81. The predicted octanol–water partition coefficient (Wildman–Crippen LogP) is 3.82. The van der Waals surface area contributed by atoms with E-state index in [0.29, 0.717) is 5.92 Å².